The molecule has 23 heavy (non-hydrogen) atoms. The van der Waals surface area contributed by atoms with Crippen molar-refractivity contribution in [2.45, 2.75) is 43.5 Å². The Morgan fingerprint density at radius 2 is 1.78 bits per heavy atom. The van der Waals surface area contributed by atoms with Gasteiger partial charge in [-0.05, 0) is 31.9 Å². The molecule has 0 saturated heterocycles. The normalized spacial score (nSPS) is 16.2. The van der Waals surface area contributed by atoms with Gasteiger partial charge < -0.3 is 5.11 Å². The van der Waals surface area contributed by atoms with Crippen molar-refractivity contribution in [3.63, 3.8) is 0 Å². The first-order valence-corrected chi connectivity index (χ1v) is 9.06. The Kier molecular flexibility index (Phi) is 5.94. The Bertz CT molecular complexity index is 703. The first-order valence-electron chi connectivity index (χ1n) is 7.62. The molecule has 1 aromatic rings. The minimum Gasteiger partial charge on any atom is -0.384 e. The van der Waals surface area contributed by atoms with Gasteiger partial charge in [0.15, 0.2) is 0 Å². The van der Waals surface area contributed by atoms with Crippen LogP contribution in [0.1, 0.15) is 31.2 Å². The molecule has 0 heterocycles. The van der Waals surface area contributed by atoms with Crippen LogP contribution < -0.4 is 0 Å². The third-order valence-corrected chi connectivity index (χ3v) is 5.90. The topological polar surface area (TPSA) is 74.7 Å². The van der Waals surface area contributed by atoms with Gasteiger partial charge in [0, 0.05) is 18.9 Å². The summed E-state index contributed by atoms with van der Waals surface area (Å²) in [4.78, 5) is 11.6. The smallest absolute Gasteiger partial charge is 0.244 e. The van der Waals surface area contributed by atoms with Gasteiger partial charge in [-0.3, -0.25) is 4.79 Å². The molecule has 0 atom stereocenters. The molecule has 2 rings (SSSR count). The molecule has 6 heteroatoms. The van der Waals surface area contributed by atoms with Gasteiger partial charge in [0.1, 0.15) is 12.4 Å². The SMILES string of the molecule is Cc1ccc(S(=O)(=O)N(CC#CCO)C2CCC(=O)CC2)cc1. The molecule has 1 saturated carbocycles. The Hall–Kier alpha value is -1.68. The molecule has 0 unspecified atom stereocenters. The number of carbonyl (C=O) groups excluding carboxylic acids is 1. The lowest BCUT2D eigenvalue weighted by molar-refractivity contribution is -0.120. The van der Waals surface area contributed by atoms with E-state index in [1.54, 1.807) is 24.3 Å². The number of nitrogens with zero attached hydrogens (tertiary/aromatic N) is 1. The lowest BCUT2D eigenvalue weighted by atomic mass is 9.94. The molecule has 0 bridgehead atoms. The van der Waals surface area contributed by atoms with Crippen molar-refractivity contribution in [2.75, 3.05) is 13.2 Å². The van der Waals surface area contributed by atoms with E-state index < -0.39 is 10.0 Å². The third kappa shape index (κ3) is 4.41. The Labute approximate surface area is 137 Å². The van der Waals surface area contributed by atoms with Crippen LogP contribution in [0.25, 0.3) is 0 Å². The number of Topliss-reactive ketones (excluding diaryl/α,β-unsaturated/α-hetero) is 1. The minimum absolute atomic E-state index is 0.0234. The Morgan fingerprint density at radius 1 is 1.17 bits per heavy atom. The molecule has 0 aromatic heterocycles. The highest BCUT2D eigenvalue weighted by Gasteiger charge is 2.33. The van der Waals surface area contributed by atoms with Crippen LogP contribution in [0.5, 0.6) is 0 Å². The predicted molar refractivity (Wildman–Crippen MR) is 87.2 cm³/mol. The molecule has 0 spiro atoms. The maximum atomic E-state index is 12.9. The standard InChI is InChI=1S/C17H21NO4S/c1-14-4-10-17(11-5-14)23(21,22)18(12-2-3-13-19)15-6-8-16(20)9-7-15/h4-5,10-11,15,19H,6-9,12-13H2,1H3. The molecule has 0 amide bonds. The van der Waals surface area contributed by atoms with Crippen molar-refractivity contribution in [2.24, 2.45) is 0 Å². The average Bonchev–Trinajstić information content (AvgIpc) is 2.53. The maximum absolute atomic E-state index is 12.9. The van der Waals surface area contributed by atoms with Crippen LogP contribution in [0.15, 0.2) is 29.2 Å². The van der Waals surface area contributed by atoms with Crippen molar-refractivity contribution in [3.05, 3.63) is 29.8 Å². The summed E-state index contributed by atoms with van der Waals surface area (Å²) in [6, 6.07) is 6.46. The minimum atomic E-state index is -3.68. The summed E-state index contributed by atoms with van der Waals surface area (Å²) in [5.41, 5.74) is 0.985. The van der Waals surface area contributed by atoms with E-state index in [4.69, 9.17) is 5.11 Å². The number of rotatable bonds is 4. The quantitative estimate of drug-likeness (QED) is 0.846. The van der Waals surface area contributed by atoms with Gasteiger partial charge in [0.2, 0.25) is 10.0 Å². The molecule has 0 aliphatic heterocycles. The lowest BCUT2D eigenvalue weighted by Crippen LogP contribution is -2.42. The monoisotopic (exact) mass is 335 g/mol. The summed E-state index contributed by atoms with van der Waals surface area (Å²) in [6.45, 7) is 1.62. The molecular weight excluding hydrogens is 314 g/mol. The van der Waals surface area contributed by atoms with Gasteiger partial charge in [0.05, 0.1) is 11.4 Å². The summed E-state index contributed by atoms with van der Waals surface area (Å²) in [7, 11) is -3.68. The largest absolute Gasteiger partial charge is 0.384 e. The van der Waals surface area contributed by atoms with Crippen LogP contribution in [0, 0.1) is 18.8 Å². The molecular formula is C17H21NO4S. The molecule has 5 nitrogen and oxygen atoms in total. The van der Waals surface area contributed by atoms with Crippen LogP contribution in [0.3, 0.4) is 0 Å². The zero-order valence-electron chi connectivity index (χ0n) is 13.2. The fourth-order valence-electron chi connectivity index (χ4n) is 2.66. The van der Waals surface area contributed by atoms with E-state index in [0.717, 1.165) is 5.56 Å². The number of aliphatic hydroxyl groups is 1. The van der Waals surface area contributed by atoms with Crippen molar-refractivity contribution >= 4 is 15.8 Å². The van der Waals surface area contributed by atoms with Crippen molar-refractivity contribution < 1.29 is 18.3 Å². The van der Waals surface area contributed by atoms with Crippen LogP contribution in [-0.4, -0.2) is 42.8 Å². The highest BCUT2D eigenvalue weighted by Crippen LogP contribution is 2.26. The first-order chi connectivity index (χ1) is 10.9. The summed E-state index contributed by atoms with van der Waals surface area (Å²) < 4.78 is 27.2. The van der Waals surface area contributed by atoms with Crippen LogP contribution in [-0.2, 0) is 14.8 Å². The zero-order chi connectivity index (χ0) is 16.9. The van der Waals surface area contributed by atoms with E-state index >= 15 is 0 Å². The van der Waals surface area contributed by atoms with Gasteiger partial charge in [-0.25, -0.2) is 8.42 Å². The summed E-state index contributed by atoms with van der Waals surface area (Å²) >= 11 is 0. The highest BCUT2D eigenvalue weighted by atomic mass is 32.2. The fraction of sp³-hybridized carbons (Fsp3) is 0.471. The van der Waals surface area contributed by atoms with E-state index in [0.29, 0.717) is 25.7 Å². The van der Waals surface area contributed by atoms with Gasteiger partial charge in [-0.1, -0.05) is 29.5 Å². The highest BCUT2D eigenvalue weighted by molar-refractivity contribution is 7.89. The predicted octanol–water partition coefficient (Wildman–Crippen LogP) is 1.49. The number of ketones is 1. The van der Waals surface area contributed by atoms with E-state index in [-0.39, 0.29) is 29.9 Å². The lowest BCUT2D eigenvalue weighted by Gasteiger charge is -2.31. The van der Waals surface area contributed by atoms with E-state index in [2.05, 4.69) is 11.8 Å². The molecule has 1 aliphatic carbocycles. The van der Waals surface area contributed by atoms with E-state index in [1.807, 2.05) is 6.92 Å². The fourth-order valence-corrected chi connectivity index (χ4v) is 4.25. The van der Waals surface area contributed by atoms with Crippen molar-refractivity contribution in [1.29, 1.82) is 0 Å². The molecule has 124 valence electrons. The number of hydrogen-bond acceptors (Lipinski definition) is 4. The zero-order valence-corrected chi connectivity index (χ0v) is 14.0. The number of carbonyl (C=O) groups is 1. The summed E-state index contributed by atoms with van der Waals surface area (Å²) in [5.74, 6) is 5.36. The number of sulfonamides is 1. The molecule has 1 fully saturated rings. The molecule has 1 aromatic carbocycles. The third-order valence-electron chi connectivity index (χ3n) is 3.99. The van der Waals surface area contributed by atoms with E-state index in [9.17, 15) is 13.2 Å². The van der Waals surface area contributed by atoms with Crippen LogP contribution in [0.4, 0.5) is 0 Å². The van der Waals surface area contributed by atoms with Crippen molar-refractivity contribution in [1.82, 2.24) is 4.31 Å². The average molecular weight is 335 g/mol. The second-order valence-electron chi connectivity index (χ2n) is 5.64. The maximum Gasteiger partial charge on any atom is 0.244 e. The van der Waals surface area contributed by atoms with Gasteiger partial charge in [-0.2, -0.15) is 4.31 Å². The molecule has 0 radical (unpaired) electrons. The number of hydrogen-bond donors (Lipinski definition) is 1. The van der Waals surface area contributed by atoms with Crippen molar-refractivity contribution in [3.8, 4) is 11.8 Å². The first kappa shape index (κ1) is 17.7. The Morgan fingerprint density at radius 3 is 2.35 bits per heavy atom. The summed E-state index contributed by atoms with van der Waals surface area (Å²) in [5, 5.41) is 8.79. The van der Waals surface area contributed by atoms with Gasteiger partial charge in [-0.15, -0.1) is 0 Å². The second-order valence-corrected chi connectivity index (χ2v) is 7.54. The van der Waals surface area contributed by atoms with Crippen LogP contribution >= 0.6 is 0 Å². The number of aliphatic hydroxyl groups excluding tert-OH is 1. The van der Waals surface area contributed by atoms with Gasteiger partial charge in [0.25, 0.3) is 0 Å². The van der Waals surface area contributed by atoms with Crippen LogP contribution in [0.2, 0.25) is 0 Å². The number of benzene rings is 1. The Balaban J connectivity index is 2.31. The second kappa shape index (κ2) is 7.73. The molecule has 1 aliphatic rings. The summed E-state index contributed by atoms with van der Waals surface area (Å²) in [6.07, 6.45) is 1.84. The van der Waals surface area contributed by atoms with Gasteiger partial charge >= 0.3 is 0 Å². The number of aryl methyl sites for hydroxylation is 1. The molecule has 1 N–H and O–H groups in total. The van der Waals surface area contributed by atoms with E-state index in [1.165, 1.54) is 4.31 Å².